The van der Waals surface area contributed by atoms with E-state index in [2.05, 4.69) is 9.80 Å². The molecule has 1 amide bonds. The van der Waals surface area contributed by atoms with Crippen LogP contribution in [0.5, 0.6) is 0 Å². The number of carbonyl (C=O) groups is 1. The van der Waals surface area contributed by atoms with Gasteiger partial charge in [-0.25, -0.2) is 0 Å². The lowest BCUT2D eigenvalue weighted by Gasteiger charge is -2.50. The standard InChI is InChI=1S/C13H22N2O2/c1-17-9-8-15-7-5-13(15)4-6-14(10-13)12(16)11-2-3-11/h11H,2-10H2,1H3. The predicted molar refractivity (Wildman–Crippen MR) is 64.7 cm³/mol. The summed E-state index contributed by atoms with van der Waals surface area (Å²) in [5, 5.41) is 0. The Morgan fingerprint density at radius 1 is 1.35 bits per heavy atom. The fraction of sp³-hybridized carbons (Fsp3) is 0.923. The van der Waals surface area contributed by atoms with Crippen molar-refractivity contribution < 1.29 is 9.53 Å². The smallest absolute Gasteiger partial charge is 0.225 e. The summed E-state index contributed by atoms with van der Waals surface area (Å²) in [7, 11) is 1.75. The molecule has 0 aromatic carbocycles. The van der Waals surface area contributed by atoms with E-state index in [0.29, 0.717) is 17.4 Å². The molecule has 2 heterocycles. The first kappa shape index (κ1) is 11.5. The molecule has 3 aliphatic rings. The third kappa shape index (κ3) is 1.97. The molecule has 3 rings (SSSR count). The molecule has 4 nitrogen and oxygen atoms in total. The summed E-state index contributed by atoms with van der Waals surface area (Å²) in [5.41, 5.74) is 0.309. The van der Waals surface area contributed by atoms with Gasteiger partial charge in [0.1, 0.15) is 0 Å². The van der Waals surface area contributed by atoms with Crippen molar-refractivity contribution >= 4 is 5.91 Å². The van der Waals surface area contributed by atoms with Gasteiger partial charge in [0.2, 0.25) is 5.91 Å². The molecule has 0 aromatic heterocycles. The second kappa shape index (κ2) is 4.25. The van der Waals surface area contributed by atoms with Gasteiger partial charge in [-0.05, 0) is 25.7 Å². The minimum Gasteiger partial charge on any atom is -0.383 e. The molecule has 0 aromatic rings. The minimum absolute atomic E-state index is 0.309. The number of rotatable bonds is 4. The summed E-state index contributed by atoms with van der Waals surface area (Å²) in [4.78, 5) is 16.7. The Morgan fingerprint density at radius 2 is 2.12 bits per heavy atom. The molecule has 0 radical (unpaired) electrons. The van der Waals surface area contributed by atoms with Gasteiger partial charge in [0.15, 0.2) is 0 Å². The second-order valence-electron chi connectivity index (χ2n) is 5.74. The minimum atomic E-state index is 0.309. The summed E-state index contributed by atoms with van der Waals surface area (Å²) in [6, 6.07) is 0. The molecule has 96 valence electrons. The zero-order valence-electron chi connectivity index (χ0n) is 10.7. The SMILES string of the molecule is COCCN1CCC12CCN(C(=O)C1CC1)C2. The van der Waals surface area contributed by atoms with Gasteiger partial charge in [-0.3, -0.25) is 9.69 Å². The van der Waals surface area contributed by atoms with Crippen molar-refractivity contribution in [1.82, 2.24) is 9.80 Å². The number of carbonyl (C=O) groups excluding carboxylic acids is 1. The predicted octanol–water partition coefficient (Wildman–Crippen LogP) is 0.720. The van der Waals surface area contributed by atoms with Crippen molar-refractivity contribution in [3.63, 3.8) is 0 Å². The van der Waals surface area contributed by atoms with Crippen LogP contribution in [0.25, 0.3) is 0 Å². The second-order valence-corrected chi connectivity index (χ2v) is 5.74. The van der Waals surface area contributed by atoms with E-state index in [1.165, 1.54) is 13.0 Å². The van der Waals surface area contributed by atoms with Crippen LogP contribution < -0.4 is 0 Å². The molecule has 0 N–H and O–H groups in total. The molecule has 1 saturated carbocycles. The van der Waals surface area contributed by atoms with Gasteiger partial charge in [0, 0.05) is 44.7 Å². The van der Waals surface area contributed by atoms with Crippen molar-refractivity contribution in [2.24, 2.45) is 5.92 Å². The van der Waals surface area contributed by atoms with Crippen molar-refractivity contribution in [3.8, 4) is 0 Å². The molecular weight excluding hydrogens is 216 g/mol. The van der Waals surface area contributed by atoms with E-state index < -0.39 is 0 Å². The highest BCUT2D eigenvalue weighted by Crippen LogP contribution is 2.41. The molecular formula is C13H22N2O2. The Labute approximate surface area is 103 Å². The number of ether oxygens (including phenoxy) is 1. The monoisotopic (exact) mass is 238 g/mol. The van der Waals surface area contributed by atoms with E-state index in [9.17, 15) is 4.79 Å². The van der Waals surface area contributed by atoms with Crippen LogP contribution in [0.15, 0.2) is 0 Å². The van der Waals surface area contributed by atoms with Crippen LogP contribution in [0.4, 0.5) is 0 Å². The molecule has 1 aliphatic carbocycles. The maximum absolute atomic E-state index is 12.0. The van der Waals surface area contributed by atoms with Gasteiger partial charge in [0.05, 0.1) is 6.61 Å². The van der Waals surface area contributed by atoms with Crippen molar-refractivity contribution in [1.29, 1.82) is 0 Å². The fourth-order valence-corrected chi connectivity index (χ4v) is 3.23. The molecule has 0 bridgehead atoms. The van der Waals surface area contributed by atoms with E-state index in [1.807, 2.05) is 0 Å². The lowest BCUT2D eigenvalue weighted by Crippen LogP contribution is -2.62. The topological polar surface area (TPSA) is 32.8 Å². The van der Waals surface area contributed by atoms with Crippen LogP contribution in [-0.2, 0) is 9.53 Å². The molecule has 4 heteroatoms. The summed E-state index contributed by atoms with van der Waals surface area (Å²) in [6.45, 7) is 4.93. The molecule has 1 unspecified atom stereocenters. The van der Waals surface area contributed by atoms with E-state index in [1.54, 1.807) is 7.11 Å². The quantitative estimate of drug-likeness (QED) is 0.723. The molecule has 2 saturated heterocycles. The number of hydrogen-bond donors (Lipinski definition) is 0. The first-order chi connectivity index (χ1) is 8.25. The summed E-state index contributed by atoms with van der Waals surface area (Å²) in [5.74, 6) is 0.790. The first-order valence-electron chi connectivity index (χ1n) is 6.78. The fourth-order valence-electron chi connectivity index (χ4n) is 3.23. The number of methoxy groups -OCH3 is 1. The number of hydrogen-bond acceptors (Lipinski definition) is 3. The van der Waals surface area contributed by atoms with Crippen LogP contribution in [0.2, 0.25) is 0 Å². The lowest BCUT2D eigenvalue weighted by atomic mass is 9.84. The van der Waals surface area contributed by atoms with Crippen molar-refractivity contribution in [2.45, 2.75) is 31.2 Å². The Balaban J connectivity index is 1.56. The third-order valence-corrected chi connectivity index (χ3v) is 4.65. The van der Waals surface area contributed by atoms with Gasteiger partial charge in [-0.2, -0.15) is 0 Å². The van der Waals surface area contributed by atoms with Gasteiger partial charge in [-0.1, -0.05) is 0 Å². The lowest BCUT2D eigenvalue weighted by molar-refractivity contribution is -0.132. The zero-order valence-corrected chi connectivity index (χ0v) is 10.7. The maximum Gasteiger partial charge on any atom is 0.225 e. The zero-order chi connectivity index (χ0) is 11.9. The number of likely N-dealkylation sites (tertiary alicyclic amines) is 2. The maximum atomic E-state index is 12.0. The Bertz CT molecular complexity index is 317. The molecule has 2 aliphatic heterocycles. The molecule has 3 fully saturated rings. The third-order valence-electron chi connectivity index (χ3n) is 4.65. The Hall–Kier alpha value is -0.610. The Morgan fingerprint density at radius 3 is 2.71 bits per heavy atom. The summed E-state index contributed by atoms with van der Waals surface area (Å²) in [6.07, 6.45) is 4.66. The van der Waals surface area contributed by atoms with Crippen LogP contribution in [0.3, 0.4) is 0 Å². The summed E-state index contributed by atoms with van der Waals surface area (Å²) < 4.78 is 5.15. The first-order valence-corrected chi connectivity index (χ1v) is 6.78. The van der Waals surface area contributed by atoms with Crippen LogP contribution >= 0.6 is 0 Å². The highest BCUT2D eigenvalue weighted by atomic mass is 16.5. The van der Waals surface area contributed by atoms with Gasteiger partial charge < -0.3 is 9.64 Å². The van der Waals surface area contributed by atoms with E-state index in [4.69, 9.17) is 4.74 Å². The van der Waals surface area contributed by atoms with Crippen LogP contribution in [0, 0.1) is 5.92 Å². The van der Waals surface area contributed by atoms with Gasteiger partial charge in [0.25, 0.3) is 0 Å². The van der Waals surface area contributed by atoms with Crippen molar-refractivity contribution in [3.05, 3.63) is 0 Å². The molecule has 17 heavy (non-hydrogen) atoms. The average Bonchev–Trinajstić information content (AvgIpc) is 3.05. The van der Waals surface area contributed by atoms with E-state index in [0.717, 1.165) is 45.5 Å². The largest absolute Gasteiger partial charge is 0.383 e. The molecule has 1 atom stereocenters. The van der Waals surface area contributed by atoms with Crippen molar-refractivity contribution in [2.75, 3.05) is 39.9 Å². The average molecular weight is 238 g/mol. The van der Waals surface area contributed by atoms with Gasteiger partial charge in [-0.15, -0.1) is 0 Å². The van der Waals surface area contributed by atoms with E-state index >= 15 is 0 Å². The van der Waals surface area contributed by atoms with Gasteiger partial charge >= 0.3 is 0 Å². The highest BCUT2D eigenvalue weighted by Gasteiger charge is 2.50. The van der Waals surface area contributed by atoms with Crippen LogP contribution in [-0.4, -0.2) is 61.1 Å². The number of amides is 1. The van der Waals surface area contributed by atoms with E-state index in [-0.39, 0.29) is 0 Å². The van der Waals surface area contributed by atoms with Crippen LogP contribution in [0.1, 0.15) is 25.7 Å². The Kier molecular flexibility index (Phi) is 2.87. The summed E-state index contributed by atoms with van der Waals surface area (Å²) >= 11 is 0. The normalized spacial score (nSPS) is 33.1. The highest BCUT2D eigenvalue weighted by molar-refractivity contribution is 5.81. The number of nitrogens with zero attached hydrogens (tertiary/aromatic N) is 2. The molecule has 1 spiro atoms.